The SMILES string of the molecule is COc1ccccc1C1=NO[C@@H](CN(Cc2ccc(F)cc2)C(=O)Nc2ccc(C)cc2C)C1. The quantitative estimate of drug-likeness (QED) is 0.493. The fourth-order valence-electron chi connectivity index (χ4n) is 3.99. The molecule has 34 heavy (non-hydrogen) atoms. The first-order valence-electron chi connectivity index (χ1n) is 11.2. The molecule has 0 saturated carbocycles. The van der Waals surface area contributed by atoms with Crippen LogP contribution in [0.1, 0.15) is 28.7 Å². The molecule has 3 aromatic carbocycles. The Morgan fingerprint density at radius 2 is 1.91 bits per heavy atom. The molecular weight excluding hydrogens is 433 g/mol. The first kappa shape index (κ1) is 23.3. The Kier molecular flexibility index (Phi) is 7.11. The number of carbonyl (C=O) groups is 1. The van der Waals surface area contributed by atoms with Crippen LogP contribution in [0.4, 0.5) is 14.9 Å². The minimum atomic E-state index is -0.316. The molecule has 0 bridgehead atoms. The van der Waals surface area contributed by atoms with Gasteiger partial charge in [-0.15, -0.1) is 0 Å². The lowest BCUT2D eigenvalue weighted by Crippen LogP contribution is -2.40. The number of ether oxygens (including phenoxy) is 1. The number of rotatable bonds is 7. The van der Waals surface area contributed by atoms with Gasteiger partial charge < -0.3 is 19.8 Å². The smallest absolute Gasteiger partial charge is 0.322 e. The van der Waals surface area contributed by atoms with Gasteiger partial charge in [-0.2, -0.15) is 0 Å². The third kappa shape index (κ3) is 5.54. The zero-order valence-electron chi connectivity index (χ0n) is 19.5. The molecule has 0 aromatic heterocycles. The molecule has 0 aliphatic carbocycles. The van der Waals surface area contributed by atoms with E-state index in [0.29, 0.717) is 19.5 Å². The van der Waals surface area contributed by atoms with E-state index in [1.54, 1.807) is 24.1 Å². The number of oxime groups is 1. The van der Waals surface area contributed by atoms with Crippen molar-refractivity contribution in [2.75, 3.05) is 19.0 Å². The number of amides is 2. The van der Waals surface area contributed by atoms with Crippen LogP contribution < -0.4 is 10.1 Å². The monoisotopic (exact) mass is 461 g/mol. The first-order chi connectivity index (χ1) is 16.4. The van der Waals surface area contributed by atoms with Crippen molar-refractivity contribution >= 4 is 17.4 Å². The van der Waals surface area contributed by atoms with Crippen molar-refractivity contribution in [3.63, 3.8) is 0 Å². The second-order valence-corrected chi connectivity index (χ2v) is 8.43. The van der Waals surface area contributed by atoms with Gasteiger partial charge in [-0.25, -0.2) is 9.18 Å². The number of hydrogen-bond acceptors (Lipinski definition) is 4. The summed E-state index contributed by atoms with van der Waals surface area (Å²) in [4.78, 5) is 20.7. The van der Waals surface area contributed by atoms with Crippen LogP contribution in [-0.4, -0.2) is 36.4 Å². The van der Waals surface area contributed by atoms with Gasteiger partial charge in [0, 0.05) is 24.2 Å². The van der Waals surface area contributed by atoms with Gasteiger partial charge in [0.25, 0.3) is 0 Å². The number of urea groups is 1. The summed E-state index contributed by atoms with van der Waals surface area (Å²) >= 11 is 0. The number of anilines is 1. The Hall–Kier alpha value is -3.87. The van der Waals surface area contributed by atoms with E-state index in [2.05, 4.69) is 10.5 Å². The lowest BCUT2D eigenvalue weighted by Gasteiger charge is -2.26. The lowest BCUT2D eigenvalue weighted by atomic mass is 10.0. The van der Waals surface area contributed by atoms with Crippen LogP contribution in [0.5, 0.6) is 5.75 Å². The van der Waals surface area contributed by atoms with Gasteiger partial charge >= 0.3 is 6.03 Å². The summed E-state index contributed by atoms with van der Waals surface area (Å²) in [5.74, 6) is 0.408. The van der Waals surface area contributed by atoms with Crippen LogP contribution in [0.15, 0.2) is 71.9 Å². The van der Waals surface area contributed by atoms with Crippen molar-refractivity contribution in [2.45, 2.75) is 32.9 Å². The molecule has 1 atom stereocenters. The van der Waals surface area contributed by atoms with Gasteiger partial charge in [0.1, 0.15) is 11.6 Å². The molecule has 2 amide bonds. The molecule has 176 valence electrons. The number of nitrogens with one attached hydrogen (secondary N) is 1. The summed E-state index contributed by atoms with van der Waals surface area (Å²) < 4.78 is 18.8. The van der Waals surface area contributed by atoms with Gasteiger partial charge in [0.05, 0.1) is 19.4 Å². The predicted molar refractivity (Wildman–Crippen MR) is 131 cm³/mol. The zero-order chi connectivity index (χ0) is 24.1. The highest BCUT2D eigenvalue weighted by Crippen LogP contribution is 2.25. The molecule has 0 spiro atoms. The van der Waals surface area contributed by atoms with Gasteiger partial charge in [0.2, 0.25) is 0 Å². The van der Waals surface area contributed by atoms with E-state index < -0.39 is 0 Å². The lowest BCUT2D eigenvalue weighted by molar-refractivity contribution is 0.0608. The van der Waals surface area contributed by atoms with Gasteiger partial charge in [0.15, 0.2) is 6.10 Å². The molecule has 0 fully saturated rings. The van der Waals surface area contributed by atoms with E-state index in [1.807, 2.05) is 56.3 Å². The second-order valence-electron chi connectivity index (χ2n) is 8.43. The van der Waals surface area contributed by atoms with Crippen molar-refractivity contribution in [1.82, 2.24) is 4.90 Å². The largest absolute Gasteiger partial charge is 0.496 e. The minimum Gasteiger partial charge on any atom is -0.496 e. The molecule has 1 aliphatic rings. The van der Waals surface area contributed by atoms with Crippen LogP contribution in [-0.2, 0) is 11.4 Å². The predicted octanol–water partition coefficient (Wildman–Crippen LogP) is 5.68. The molecule has 6 nitrogen and oxygen atoms in total. The maximum atomic E-state index is 13.4. The van der Waals surface area contributed by atoms with Crippen molar-refractivity contribution < 1.29 is 18.8 Å². The maximum Gasteiger partial charge on any atom is 0.322 e. The summed E-state index contributed by atoms with van der Waals surface area (Å²) in [5, 5.41) is 7.27. The van der Waals surface area contributed by atoms with E-state index in [4.69, 9.17) is 9.57 Å². The average molecular weight is 462 g/mol. The summed E-state index contributed by atoms with van der Waals surface area (Å²) in [6, 6.07) is 19.4. The molecule has 3 aromatic rings. The number of aryl methyl sites for hydroxylation is 2. The number of para-hydroxylation sites is 1. The number of hydrogen-bond donors (Lipinski definition) is 1. The summed E-state index contributed by atoms with van der Waals surface area (Å²) in [6.07, 6.45) is 0.224. The topological polar surface area (TPSA) is 63.2 Å². The van der Waals surface area contributed by atoms with Crippen molar-refractivity contribution in [3.8, 4) is 5.75 Å². The van der Waals surface area contributed by atoms with Crippen molar-refractivity contribution in [2.24, 2.45) is 5.16 Å². The molecular formula is C27H28FN3O3. The third-order valence-electron chi connectivity index (χ3n) is 5.77. The molecule has 0 radical (unpaired) electrons. The van der Waals surface area contributed by atoms with E-state index in [-0.39, 0.29) is 18.0 Å². The van der Waals surface area contributed by atoms with Gasteiger partial charge in [-0.3, -0.25) is 0 Å². The summed E-state index contributed by atoms with van der Waals surface area (Å²) in [5.41, 5.74) is 5.32. The molecule has 7 heteroatoms. The number of benzene rings is 3. The third-order valence-corrected chi connectivity index (χ3v) is 5.77. The van der Waals surface area contributed by atoms with E-state index >= 15 is 0 Å². The maximum absolute atomic E-state index is 13.4. The van der Waals surface area contributed by atoms with Crippen LogP contribution in [0, 0.1) is 19.7 Å². The zero-order valence-corrected chi connectivity index (χ0v) is 19.5. The number of halogens is 1. The Morgan fingerprint density at radius 1 is 1.15 bits per heavy atom. The Labute approximate surface area is 199 Å². The molecule has 0 unspecified atom stereocenters. The van der Waals surface area contributed by atoms with Crippen LogP contribution in [0.25, 0.3) is 0 Å². The molecule has 1 N–H and O–H groups in total. The Morgan fingerprint density at radius 3 is 2.65 bits per heavy atom. The highest BCUT2D eigenvalue weighted by molar-refractivity contribution is 6.03. The molecule has 1 aliphatic heterocycles. The Balaban J connectivity index is 1.50. The van der Waals surface area contributed by atoms with Gasteiger partial charge in [-0.05, 0) is 55.3 Å². The standard InChI is InChI=1S/C27H28FN3O3/c1-18-8-13-24(19(2)14-18)29-27(32)31(16-20-9-11-21(28)12-10-20)17-22-15-25(30-34-22)23-6-4-5-7-26(23)33-3/h4-14,22H,15-17H2,1-3H3,(H,29,32)/t22-/m1/s1. The highest BCUT2D eigenvalue weighted by Gasteiger charge is 2.28. The number of nitrogens with zero attached hydrogens (tertiary/aromatic N) is 2. The highest BCUT2D eigenvalue weighted by atomic mass is 19.1. The fraction of sp³-hybridized carbons (Fsp3) is 0.259. The molecule has 4 rings (SSSR count). The summed E-state index contributed by atoms with van der Waals surface area (Å²) in [6.45, 7) is 4.59. The normalized spacial score (nSPS) is 14.8. The van der Waals surface area contributed by atoms with Gasteiger partial charge in [-0.1, -0.05) is 47.1 Å². The van der Waals surface area contributed by atoms with Crippen molar-refractivity contribution in [1.29, 1.82) is 0 Å². The first-order valence-corrected chi connectivity index (χ1v) is 11.2. The number of methoxy groups -OCH3 is 1. The minimum absolute atomic E-state index is 0.259. The molecule has 0 saturated heterocycles. The Bertz CT molecular complexity index is 1190. The van der Waals surface area contributed by atoms with Crippen LogP contribution in [0.2, 0.25) is 0 Å². The second kappa shape index (κ2) is 10.4. The van der Waals surface area contributed by atoms with Crippen LogP contribution >= 0.6 is 0 Å². The van der Waals surface area contributed by atoms with E-state index in [9.17, 15) is 9.18 Å². The van der Waals surface area contributed by atoms with E-state index in [1.165, 1.54) is 12.1 Å². The summed E-state index contributed by atoms with van der Waals surface area (Å²) in [7, 11) is 1.62. The van der Waals surface area contributed by atoms with Crippen LogP contribution in [0.3, 0.4) is 0 Å². The van der Waals surface area contributed by atoms with Crippen molar-refractivity contribution in [3.05, 3.63) is 94.8 Å². The number of carbonyl (C=O) groups excluding carboxylic acids is 1. The van der Waals surface area contributed by atoms with E-state index in [0.717, 1.165) is 39.4 Å². The average Bonchev–Trinajstić information content (AvgIpc) is 3.30. The molecule has 1 heterocycles. The fourth-order valence-corrected chi connectivity index (χ4v) is 3.99.